The molecule has 2 nitrogen and oxygen atoms in total. The van der Waals surface area contributed by atoms with Gasteiger partial charge in [0.15, 0.2) is 0 Å². The minimum atomic E-state index is 0.0501. The summed E-state index contributed by atoms with van der Waals surface area (Å²) in [6.07, 6.45) is 4.57. The van der Waals surface area contributed by atoms with Gasteiger partial charge in [0.25, 0.3) is 0 Å². The first-order chi connectivity index (χ1) is 10.8. The highest BCUT2D eigenvalue weighted by atomic mass is 79.9. The number of para-hydroxylation sites is 2. The molecule has 116 valence electrons. The van der Waals surface area contributed by atoms with Crippen LogP contribution in [0.15, 0.2) is 54.6 Å². The van der Waals surface area contributed by atoms with E-state index in [2.05, 4.69) is 28.9 Å². The normalized spacial score (nSPS) is 10.5. The molecule has 0 heterocycles. The van der Waals surface area contributed by atoms with E-state index >= 15 is 0 Å². The number of halogens is 1. The van der Waals surface area contributed by atoms with Crippen molar-refractivity contribution in [2.24, 2.45) is 0 Å². The summed E-state index contributed by atoms with van der Waals surface area (Å²) in [7, 11) is 0. The van der Waals surface area contributed by atoms with E-state index in [0.29, 0.717) is 5.33 Å². The second kappa shape index (κ2) is 8.74. The van der Waals surface area contributed by atoms with Crippen molar-refractivity contribution in [3.8, 4) is 0 Å². The molecule has 0 fully saturated rings. The average Bonchev–Trinajstić information content (AvgIpc) is 2.57. The van der Waals surface area contributed by atoms with Gasteiger partial charge in [-0.05, 0) is 36.6 Å². The summed E-state index contributed by atoms with van der Waals surface area (Å²) < 4.78 is 0. The van der Waals surface area contributed by atoms with E-state index in [4.69, 9.17) is 0 Å². The molecule has 0 atom stereocenters. The molecule has 2 rings (SSSR count). The fraction of sp³-hybridized carbons (Fsp3) is 0.316. The van der Waals surface area contributed by atoms with Crippen LogP contribution in [0.4, 0.5) is 11.4 Å². The average molecular weight is 360 g/mol. The number of unbranched alkanes of at least 4 members (excludes halogenated alkanes) is 2. The number of aryl methyl sites for hydroxylation is 1. The van der Waals surface area contributed by atoms with Crippen LogP contribution in [0.3, 0.4) is 0 Å². The highest BCUT2D eigenvalue weighted by Crippen LogP contribution is 2.30. The second-order valence-electron chi connectivity index (χ2n) is 5.28. The largest absolute Gasteiger partial charge is 0.280 e. The van der Waals surface area contributed by atoms with Crippen molar-refractivity contribution >= 4 is 33.2 Å². The molecule has 2 aromatic rings. The molecule has 3 heteroatoms. The van der Waals surface area contributed by atoms with E-state index in [-0.39, 0.29) is 5.91 Å². The lowest BCUT2D eigenvalue weighted by Crippen LogP contribution is -2.27. The molecule has 0 bridgehead atoms. The SMILES string of the molecule is CCCCCc1ccccc1N(C(=O)CBr)c1ccccc1. The highest BCUT2D eigenvalue weighted by Gasteiger charge is 2.19. The molecule has 0 unspecified atom stereocenters. The molecule has 0 N–H and O–H groups in total. The number of alkyl halides is 1. The topological polar surface area (TPSA) is 20.3 Å². The van der Waals surface area contributed by atoms with E-state index < -0.39 is 0 Å². The van der Waals surface area contributed by atoms with Crippen LogP contribution in [0, 0.1) is 0 Å². The Morgan fingerprint density at radius 3 is 2.36 bits per heavy atom. The van der Waals surface area contributed by atoms with Crippen LogP contribution in [0.5, 0.6) is 0 Å². The van der Waals surface area contributed by atoms with Crippen LogP contribution < -0.4 is 4.90 Å². The van der Waals surface area contributed by atoms with Gasteiger partial charge in [0, 0.05) is 5.69 Å². The molecule has 0 aliphatic rings. The maximum absolute atomic E-state index is 12.5. The zero-order chi connectivity index (χ0) is 15.8. The van der Waals surface area contributed by atoms with Gasteiger partial charge in [-0.15, -0.1) is 0 Å². The van der Waals surface area contributed by atoms with Gasteiger partial charge in [-0.3, -0.25) is 9.69 Å². The molecule has 2 aromatic carbocycles. The molecule has 1 amide bonds. The first-order valence-corrected chi connectivity index (χ1v) is 8.92. The molecule has 0 saturated carbocycles. The molecule has 0 aliphatic carbocycles. The number of amides is 1. The van der Waals surface area contributed by atoms with Crippen molar-refractivity contribution in [3.63, 3.8) is 0 Å². The Balaban J connectivity index is 2.38. The minimum absolute atomic E-state index is 0.0501. The van der Waals surface area contributed by atoms with Crippen LogP contribution in [0.25, 0.3) is 0 Å². The van der Waals surface area contributed by atoms with Crippen LogP contribution in [-0.2, 0) is 11.2 Å². The summed E-state index contributed by atoms with van der Waals surface area (Å²) in [5.74, 6) is 0.0501. The lowest BCUT2D eigenvalue weighted by atomic mass is 10.0. The predicted molar refractivity (Wildman–Crippen MR) is 97.1 cm³/mol. The van der Waals surface area contributed by atoms with E-state index in [1.165, 1.54) is 18.4 Å². The van der Waals surface area contributed by atoms with Gasteiger partial charge < -0.3 is 0 Å². The van der Waals surface area contributed by atoms with Gasteiger partial charge >= 0.3 is 0 Å². The maximum atomic E-state index is 12.5. The Hall–Kier alpha value is -1.61. The number of anilines is 2. The number of hydrogen-bond acceptors (Lipinski definition) is 1. The van der Waals surface area contributed by atoms with Gasteiger partial charge in [-0.2, -0.15) is 0 Å². The van der Waals surface area contributed by atoms with Crippen LogP contribution in [0.2, 0.25) is 0 Å². The fourth-order valence-corrected chi connectivity index (χ4v) is 2.81. The molecule has 0 spiro atoms. The third-order valence-corrected chi connectivity index (χ3v) is 4.14. The first-order valence-electron chi connectivity index (χ1n) is 7.79. The molecule has 22 heavy (non-hydrogen) atoms. The van der Waals surface area contributed by atoms with Gasteiger partial charge in [0.05, 0.1) is 11.0 Å². The van der Waals surface area contributed by atoms with E-state index in [0.717, 1.165) is 24.2 Å². The fourth-order valence-electron chi connectivity index (χ4n) is 2.56. The molecular formula is C19H22BrNO. The van der Waals surface area contributed by atoms with Crippen LogP contribution in [0.1, 0.15) is 31.7 Å². The van der Waals surface area contributed by atoms with Crippen molar-refractivity contribution in [2.45, 2.75) is 32.6 Å². The van der Waals surface area contributed by atoms with Crippen molar-refractivity contribution in [2.75, 3.05) is 10.2 Å². The summed E-state index contributed by atoms with van der Waals surface area (Å²) in [5.41, 5.74) is 3.14. The minimum Gasteiger partial charge on any atom is -0.280 e. The smallest absolute Gasteiger partial charge is 0.242 e. The van der Waals surface area contributed by atoms with Crippen LogP contribution in [-0.4, -0.2) is 11.2 Å². The van der Waals surface area contributed by atoms with Crippen LogP contribution >= 0.6 is 15.9 Å². The number of hydrogen-bond donors (Lipinski definition) is 0. The summed E-state index contributed by atoms with van der Waals surface area (Å²) >= 11 is 3.31. The van der Waals surface area contributed by atoms with Crippen molar-refractivity contribution < 1.29 is 4.79 Å². The summed E-state index contributed by atoms with van der Waals surface area (Å²) in [6.45, 7) is 2.20. The Morgan fingerprint density at radius 2 is 1.68 bits per heavy atom. The Kier molecular flexibility index (Phi) is 6.66. The number of nitrogens with zero attached hydrogens (tertiary/aromatic N) is 1. The highest BCUT2D eigenvalue weighted by molar-refractivity contribution is 9.09. The number of benzene rings is 2. The number of rotatable bonds is 7. The number of carbonyl (C=O) groups is 1. The monoisotopic (exact) mass is 359 g/mol. The maximum Gasteiger partial charge on any atom is 0.242 e. The van der Waals surface area contributed by atoms with Gasteiger partial charge in [0.1, 0.15) is 0 Å². The molecule has 0 aromatic heterocycles. The molecular weight excluding hydrogens is 338 g/mol. The zero-order valence-corrected chi connectivity index (χ0v) is 14.6. The Morgan fingerprint density at radius 1 is 1.00 bits per heavy atom. The number of carbonyl (C=O) groups excluding carboxylic acids is 1. The van der Waals surface area contributed by atoms with Gasteiger partial charge in [0.2, 0.25) is 5.91 Å². The Labute approximate surface area is 141 Å². The third kappa shape index (κ3) is 4.20. The van der Waals surface area contributed by atoms with Gasteiger partial charge in [-0.25, -0.2) is 0 Å². The van der Waals surface area contributed by atoms with Gasteiger partial charge in [-0.1, -0.05) is 72.1 Å². The molecule has 0 radical (unpaired) electrons. The summed E-state index contributed by atoms with van der Waals surface area (Å²) in [6, 6.07) is 18.0. The zero-order valence-electron chi connectivity index (χ0n) is 13.0. The van der Waals surface area contributed by atoms with E-state index in [1.807, 2.05) is 53.4 Å². The summed E-state index contributed by atoms with van der Waals surface area (Å²) in [5, 5.41) is 0.311. The van der Waals surface area contributed by atoms with Crippen molar-refractivity contribution in [3.05, 3.63) is 60.2 Å². The van der Waals surface area contributed by atoms with Crippen molar-refractivity contribution in [1.29, 1.82) is 0 Å². The molecule has 0 aliphatic heterocycles. The van der Waals surface area contributed by atoms with Crippen molar-refractivity contribution in [1.82, 2.24) is 0 Å². The Bertz CT molecular complexity index is 597. The van der Waals surface area contributed by atoms with E-state index in [1.54, 1.807) is 0 Å². The lowest BCUT2D eigenvalue weighted by molar-refractivity contribution is -0.115. The first kappa shape index (κ1) is 16.8. The standard InChI is InChI=1S/C19H22BrNO/c1-2-3-5-10-16-11-8-9-14-18(16)21(19(22)15-20)17-12-6-4-7-13-17/h4,6-9,11-14H,2-3,5,10,15H2,1H3. The second-order valence-corrected chi connectivity index (χ2v) is 5.84. The quantitative estimate of drug-likeness (QED) is 0.473. The van der Waals surface area contributed by atoms with E-state index in [9.17, 15) is 4.79 Å². The lowest BCUT2D eigenvalue weighted by Gasteiger charge is -2.25. The molecule has 0 saturated heterocycles. The summed E-state index contributed by atoms with van der Waals surface area (Å²) in [4.78, 5) is 14.3. The third-order valence-electron chi connectivity index (χ3n) is 3.66. The predicted octanol–water partition coefficient (Wildman–Crippen LogP) is 5.48.